The van der Waals surface area contributed by atoms with E-state index < -0.39 is 0 Å². The first-order valence-corrected chi connectivity index (χ1v) is 6.52. The molecule has 1 fully saturated rings. The van der Waals surface area contributed by atoms with E-state index in [1.54, 1.807) is 0 Å². The van der Waals surface area contributed by atoms with Gasteiger partial charge in [0, 0.05) is 17.3 Å². The smallest absolute Gasteiger partial charge is 0.164 e. The Labute approximate surface area is 107 Å². The molecule has 18 heavy (non-hydrogen) atoms. The number of rotatable bonds is 2. The number of aromatic nitrogens is 3. The largest absolute Gasteiger partial charge is 0.399 e. The van der Waals surface area contributed by atoms with Gasteiger partial charge >= 0.3 is 0 Å². The average molecular weight is 242 g/mol. The highest BCUT2D eigenvalue weighted by Crippen LogP contribution is 2.33. The fraction of sp³-hybridized carbons (Fsp3) is 0.429. The summed E-state index contributed by atoms with van der Waals surface area (Å²) < 4.78 is 2.23. The van der Waals surface area contributed by atoms with Gasteiger partial charge in [0.15, 0.2) is 5.82 Å². The quantitative estimate of drug-likeness (QED) is 0.824. The molecule has 2 N–H and O–H groups in total. The minimum Gasteiger partial charge on any atom is -0.399 e. The third kappa shape index (κ3) is 1.88. The van der Waals surface area contributed by atoms with Gasteiger partial charge in [-0.25, -0.2) is 0 Å². The van der Waals surface area contributed by atoms with Crippen LogP contribution >= 0.6 is 0 Å². The van der Waals surface area contributed by atoms with Crippen molar-refractivity contribution in [1.82, 2.24) is 14.8 Å². The van der Waals surface area contributed by atoms with Crippen LogP contribution in [0, 0.1) is 6.92 Å². The summed E-state index contributed by atoms with van der Waals surface area (Å²) in [6.07, 6.45) is 6.95. The molecule has 1 aromatic heterocycles. The number of hydrogen-bond acceptors (Lipinski definition) is 3. The highest BCUT2D eigenvalue weighted by atomic mass is 15.3. The van der Waals surface area contributed by atoms with E-state index in [2.05, 4.69) is 21.7 Å². The molecule has 0 bridgehead atoms. The Balaban J connectivity index is 2.03. The van der Waals surface area contributed by atoms with Crippen molar-refractivity contribution < 1.29 is 0 Å². The molecule has 2 aromatic rings. The zero-order valence-electron chi connectivity index (χ0n) is 10.6. The maximum atomic E-state index is 5.80. The van der Waals surface area contributed by atoms with Crippen molar-refractivity contribution in [3.05, 3.63) is 30.1 Å². The van der Waals surface area contributed by atoms with Gasteiger partial charge in [0.1, 0.15) is 6.33 Å². The van der Waals surface area contributed by atoms with E-state index in [9.17, 15) is 0 Å². The molecule has 1 aliphatic carbocycles. The number of nitrogens with zero attached hydrogens (tertiary/aromatic N) is 3. The lowest BCUT2D eigenvalue weighted by Gasteiger charge is -2.14. The van der Waals surface area contributed by atoms with Gasteiger partial charge in [-0.1, -0.05) is 12.8 Å². The number of anilines is 1. The molecule has 1 aliphatic rings. The number of nitrogens with two attached hydrogens (primary N) is 1. The summed E-state index contributed by atoms with van der Waals surface area (Å²) in [4.78, 5) is 0. The predicted octanol–water partition coefficient (Wildman–Crippen LogP) is 2.95. The summed E-state index contributed by atoms with van der Waals surface area (Å²) in [5, 5.41) is 8.38. The van der Waals surface area contributed by atoms with Crippen molar-refractivity contribution in [2.45, 2.75) is 38.6 Å². The van der Waals surface area contributed by atoms with Crippen LogP contribution in [0.25, 0.3) is 11.4 Å². The number of benzene rings is 1. The van der Waals surface area contributed by atoms with Crippen molar-refractivity contribution in [2.75, 3.05) is 5.73 Å². The van der Waals surface area contributed by atoms with Crippen LogP contribution in [0.3, 0.4) is 0 Å². The van der Waals surface area contributed by atoms with Crippen molar-refractivity contribution in [2.24, 2.45) is 0 Å². The van der Waals surface area contributed by atoms with E-state index >= 15 is 0 Å². The summed E-state index contributed by atoms with van der Waals surface area (Å²) in [6.45, 7) is 2.07. The molecule has 0 radical (unpaired) electrons. The lowest BCUT2D eigenvalue weighted by atomic mass is 10.1. The van der Waals surface area contributed by atoms with Gasteiger partial charge in [-0.3, -0.25) is 0 Å². The second-order valence-electron chi connectivity index (χ2n) is 5.07. The minimum absolute atomic E-state index is 0.562. The summed E-state index contributed by atoms with van der Waals surface area (Å²) >= 11 is 0. The lowest BCUT2D eigenvalue weighted by Crippen LogP contribution is -2.06. The molecular formula is C14H18N4. The van der Waals surface area contributed by atoms with E-state index in [0.717, 1.165) is 22.6 Å². The Kier molecular flexibility index (Phi) is 2.78. The predicted molar refractivity (Wildman–Crippen MR) is 72.1 cm³/mol. The zero-order valence-corrected chi connectivity index (χ0v) is 10.6. The van der Waals surface area contributed by atoms with Gasteiger partial charge < -0.3 is 10.3 Å². The average Bonchev–Trinajstić information content (AvgIpc) is 2.98. The van der Waals surface area contributed by atoms with E-state index in [4.69, 9.17) is 5.73 Å². The molecular weight excluding hydrogens is 224 g/mol. The van der Waals surface area contributed by atoms with Gasteiger partial charge in [0.25, 0.3) is 0 Å². The molecule has 3 rings (SSSR count). The van der Waals surface area contributed by atoms with Gasteiger partial charge in [0.05, 0.1) is 0 Å². The molecule has 1 saturated carbocycles. The molecule has 0 amide bonds. The molecule has 4 nitrogen and oxygen atoms in total. The van der Waals surface area contributed by atoms with Gasteiger partial charge in [-0.15, -0.1) is 10.2 Å². The third-order valence-electron chi connectivity index (χ3n) is 3.78. The summed E-state index contributed by atoms with van der Waals surface area (Å²) in [5.41, 5.74) is 8.88. The second-order valence-corrected chi connectivity index (χ2v) is 5.07. The Bertz CT molecular complexity index is 553. The molecule has 1 heterocycles. The molecule has 0 saturated heterocycles. The van der Waals surface area contributed by atoms with Crippen molar-refractivity contribution in [3.63, 3.8) is 0 Å². The summed E-state index contributed by atoms with van der Waals surface area (Å²) in [5.74, 6) is 0.972. The van der Waals surface area contributed by atoms with Crippen molar-refractivity contribution >= 4 is 5.69 Å². The lowest BCUT2D eigenvalue weighted by molar-refractivity contribution is 0.522. The molecule has 0 aliphatic heterocycles. The van der Waals surface area contributed by atoms with Crippen LogP contribution in [0.4, 0.5) is 5.69 Å². The summed E-state index contributed by atoms with van der Waals surface area (Å²) in [6, 6.07) is 6.52. The van der Waals surface area contributed by atoms with E-state index in [1.807, 2.05) is 24.5 Å². The third-order valence-corrected chi connectivity index (χ3v) is 3.78. The fourth-order valence-corrected chi connectivity index (χ4v) is 2.82. The maximum absolute atomic E-state index is 5.80. The van der Waals surface area contributed by atoms with E-state index in [1.165, 1.54) is 25.7 Å². The molecule has 0 unspecified atom stereocenters. The Morgan fingerprint density at radius 3 is 2.78 bits per heavy atom. The van der Waals surface area contributed by atoms with Crippen LogP contribution in [0.15, 0.2) is 24.5 Å². The molecule has 94 valence electrons. The van der Waals surface area contributed by atoms with Crippen LogP contribution in [0.1, 0.15) is 37.3 Å². The Morgan fingerprint density at radius 1 is 1.28 bits per heavy atom. The number of hydrogen-bond donors (Lipinski definition) is 1. The van der Waals surface area contributed by atoms with Crippen molar-refractivity contribution in [1.29, 1.82) is 0 Å². The molecule has 4 heteroatoms. The molecule has 0 spiro atoms. The van der Waals surface area contributed by atoms with E-state index in [-0.39, 0.29) is 0 Å². The van der Waals surface area contributed by atoms with Crippen LogP contribution < -0.4 is 5.73 Å². The minimum atomic E-state index is 0.562. The topological polar surface area (TPSA) is 56.7 Å². The Morgan fingerprint density at radius 2 is 2.06 bits per heavy atom. The van der Waals surface area contributed by atoms with Crippen LogP contribution in [0.2, 0.25) is 0 Å². The van der Waals surface area contributed by atoms with Gasteiger partial charge in [0.2, 0.25) is 0 Å². The first kappa shape index (κ1) is 11.3. The monoisotopic (exact) mass is 242 g/mol. The second kappa shape index (κ2) is 4.44. The number of nitrogen functional groups attached to an aromatic ring is 1. The molecule has 0 atom stereocenters. The Hall–Kier alpha value is -1.84. The van der Waals surface area contributed by atoms with Crippen LogP contribution in [0.5, 0.6) is 0 Å². The van der Waals surface area contributed by atoms with Crippen molar-refractivity contribution in [3.8, 4) is 11.4 Å². The normalized spacial score (nSPS) is 16.3. The summed E-state index contributed by atoms with van der Waals surface area (Å²) in [7, 11) is 0. The van der Waals surface area contributed by atoms with E-state index in [0.29, 0.717) is 6.04 Å². The SMILES string of the molecule is Cc1cc(N)ccc1-c1nncn1C1CCCC1. The first-order chi connectivity index (χ1) is 8.75. The fourth-order valence-electron chi connectivity index (χ4n) is 2.82. The van der Waals surface area contributed by atoms with Gasteiger partial charge in [-0.2, -0.15) is 0 Å². The number of aryl methyl sites for hydroxylation is 1. The zero-order chi connectivity index (χ0) is 12.5. The van der Waals surface area contributed by atoms with Gasteiger partial charge in [-0.05, 0) is 43.5 Å². The maximum Gasteiger partial charge on any atom is 0.164 e. The highest BCUT2D eigenvalue weighted by Gasteiger charge is 2.21. The highest BCUT2D eigenvalue weighted by molar-refractivity contribution is 5.63. The molecule has 1 aromatic carbocycles. The first-order valence-electron chi connectivity index (χ1n) is 6.52. The standard InChI is InChI=1S/C14H18N4/c1-10-8-11(15)6-7-13(10)14-17-16-9-18(14)12-4-2-3-5-12/h6-9,12H,2-5,15H2,1H3. The van der Waals surface area contributed by atoms with Crippen LogP contribution in [-0.4, -0.2) is 14.8 Å². The van der Waals surface area contributed by atoms with Crippen LogP contribution in [-0.2, 0) is 0 Å².